The van der Waals surface area contributed by atoms with Crippen LogP contribution >= 0.6 is 11.3 Å². The largest absolute Gasteiger partial charge is 0.384 e. The molecule has 0 amide bonds. The van der Waals surface area contributed by atoms with E-state index in [2.05, 4.69) is 20.3 Å². The highest BCUT2D eigenvalue weighted by Crippen LogP contribution is 2.17. The van der Waals surface area contributed by atoms with Crippen molar-refractivity contribution in [3.8, 4) is 0 Å². The van der Waals surface area contributed by atoms with E-state index in [4.69, 9.17) is 5.73 Å². The minimum Gasteiger partial charge on any atom is -0.384 e. The second kappa shape index (κ2) is 5.30. The van der Waals surface area contributed by atoms with E-state index in [9.17, 15) is 0 Å². The summed E-state index contributed by atoms with van der Waals surface area (Å²) >= 11 is 1.67. The molecular formula is C12H17N5S. The fourth-order valence-corrected chi connectivity index (χ4v) is 2.21. The third kappa shape index (κ3) is 3.16. The van der Waals surface area contributed by atoms with E-state index in [1.165, 1.54) is 4.88 Å². The maximum Gasteiger partial charge on any atom is 0.135 e. The Hall–Kier alpha value is -1.69. The summed E-state index contributed by atoms with van der Waals surface area (Å²) < 4.78 is 0. The van der Waals surface area contributed by atoms with Crippen LogP contribution in [0.25, 0.3) is 0 Å². The molecule has 2 heterocycles. The number of nitrogens with zero attached hydrogens (tertiary/aromatic N) is 3. The summed E-state index contributed by atoms with van der Waals surface area (Å²) in [7, 11) is 0. The van der Waals surface area contributed by atoms with Crippen molar-refractivity contribution >= 4 is 23.0 Å². The molecular weight excluding hydrogens is 246 g/mol. The number of nitrogen functional groups attached to an aromatic ring is 1. The van der Waals surface area contributed by atoms with Crippen molar-refractivity contribution in [3.05, 3.63) is 28.0 Å². The number of hydrogen-bond donors (Lipinski definition) is 2. The van der Waals surface area contributed by atoms with Gasteiger partial charge in [0.2, 0.25) is 0 Å². The highest BCUT2D eigenvalue weighted by molar-refractivity contribution is 7.11. The quantitative estimate of drug-likeness (QED) is 0.886. The number of rotatable bonds is 4. The van der Waals surface area contributed by atoms with Crippen molar-refractivity contribution in [1.29, 1.82) is 0 Å². The Morgan fingerprint density at radius 1 is 1.39 bits per heavy atom. The van der Waals surface area contributed by atoms with Crippen LogP contribution in [0.4, 0.5) is 11.6 Å². The lowest BCUT2D eigenvalue weighted by molar-refractivity contribution is 0.777. The molecule has 2 rings (SSSR count). The third-order valence-electron chi connectivity index (χ3n) is 2.37. The zero-order valence-electron chi connectivity index (χ0n) is 10.8. The van der Waals surface area contributed by atoms with Gasteiger partial charge in [-0.1, -0.05) is 13.8 Å². The van der Waals surface area contributed by atoms with Crippen LogP contribution in [0.15, 0.2) is 12.3 Å². The summed E-state index contributed by atoms with van der Waals surface area (Å²) in [6.07, 6.45) is 1.87. The number of nitrogens with two attached hydrogens (primary N) is 1. The molecule has 6 heteroatoms. The van der Waals surface area contributed by atoms with Gasteiger partial charge < -0.3 is 11.1 Å². The molecule has 0 spiro atoms. The highest BCUT2D eigenvalue weighted by Gasteiger charge is 2.07. The summed E-state index contributed by atoms with van der Waals surface area (Å²) in [4.78, 5) is 14.1. The number of aryl methyl sites for hydroxylation is 1. The summed E-state index contributed by atoms with van der Waals surface area (Å²) in [5, 5.41) is 4.26. The Bertz CT molecular complexity index is 535. The van der Waals surface area contributed by atoms with Gasteiger partial charge in [0.25, 0.3) is 0 Å². The van der Waals surface area contributed by atoms with E-state index in [0.717, 1.165) is 16.6 Å². The molecule has 3 N–H and O–H groups in total. The molecule has 0 unspecified atom stereocenters. The number of thiazole rings is 1. The van der Waals surface area contributed by atoms with Gasteiger partial charge in [-0.15, -0.1) is 11.3 Å². The maximum absolute atomic E-state index is 5.77. The zero-order valence-corrected chi connectivity index (χ0v) is 11.6. The van der Waals surface area contributed by atoms with Gasteiger partial charge in [0.1, 0.15) is 22.5 Å². The van der Waals surface area contributed by atoms with Crippen LogP contribution in [0.3, 0.4) is 0 Å². The molecule has 0 aliphatic rings. The van der Waals surface area contributed by atoms with Crippen LogP contribution < -0.4 is 11.1 Å². The minimum atomic E-state index is 0.260. The SMILES string of the molecule is Cc1cnc(CNc2cc(N)nc(C(C)C)n2)s1. The molecule has 0 radical (unpaired) electrons. The molecule has 0 saturated carbocycles. The molecule has 5 nitrogen and oxygen atoms in total. The summed E-state index contributed by atoms with van der Waals surface area (Å²) in [6.45, 7) is 6.79. The number of anilines is 2. The third-order valence-corrected chi connectivity index (χ3v) is 3.28. The zero-order chi connectivity index (χ0) is 13.1. The molecule has 0 bridgehead atoms. The first kappa shape index (κ1) is 12.8. The molecule has 96 valence electrons. The molecule has 0 atom stereocenters. The molecule has 0 aliphatic heterocycles. The fourth-order valence-electron chi connectivity index (χ4n) is 1.48. The van der Waals surface area contributed by atoms with Gasteiger partial charge in [0.15, 0.2) is 0 Å². The number of aromatic nitrogens is 3. The molecule has 2 aromatic heterocycles. The predicted octanol–water partition coefficient (Wildman–Crippen LogP) is 2.56. The Kier molecular flexibility index (Phi) is 3.76. The maximum atomic E-state index is 5.77. The lowest BCUT2D eigenvalue weighted by atomic mass is 10.2. The van der Waals surface area contributed by atoms with Gasteiger partial charge >= 0.3 is 0 Å². The topological polar surface area (TPSA) is 76.7 Å². The van der Waals surface area contributed by atoms with Crippen molar-refractivity contribution < 1.29 is 0 Å². The Morgan fingerprint density at radius 2 is 2.17 bits per heavy atom. The van der Waals surface area contributed by atoms with Crippen LogP contribution in [-0.2, 0) is 6.54 Å². The van der Waals surface area contributed by atoms with Crippen LogP contribution in [0.1, 0.15) is 35.5 Å². The van der Waals surface area contributed by atoms with E-state index in [0.29, 0.717) is 12.4 Å². The van der Waals surface area contributed by atoms with Crippen molar-refractivity contribution in [2.75, 3.05) is 11.1 Å². The monoisotopic (exact) mass is 263 g/mol. The van der Waals surface area contributed by atoms with Crippen LogP contribution in [0.5, 0.6) is 0 Å². The highest BCUT2D eigenvalue weighted by atomic mass is 32.1. The molecule has 2 aromatic rings. The summed E-state index contributed by atoms with van der Waals surface area (Å²) in [6, 6.07) is 1.74. The second-order valence-electron chi connectivity index (χ2n) is 4.41. The number of hydrogen-bond acceptors (Lipinski definition) is 6. The molecule has 0 saturated heterocycles. The molecule has 0 aromatic carbocycles. The summed E-state index contributed by atoms with van der Waals surface area (Å²) in [5.41, 5.74) is 5.77. The fraction of sp³-hybridized carbons (Fsp3) is 0.417. The lowest BCUT2D eigenvalue weighted by Crippen LogP contribution is -2.07. The lowest BCUT2D eigenvalue weighted by Gasteiger charge is -2.09. The van der Waals surface area contributed by atoms with Crippen LogP contribution in [-0.4, -0.2) is 15.0 Å². The number of nitrogens with one attached hydrogen (secondary N) is 1. The van der Waals surface area contributed by atoms with Gasteiger partial charge in [0.05, 0.1) is 6.54 Å². The average molecular weight is 263 g/mol. The van der Waals surface area contributed by atoms with Crippen LogP contribution in [0.2, 0.25) is 0 Å². The van der Waals surface area contributed by atoms with Gasteiger partial charge in [0, 0.05) is 23.1 Å². The molecule has 0 fully saturated rings. The standard InChI is InChI=1S/C12H17N5S/c1-7(2)12-16-9(13)4-10(17-12)14-6-11-15-5-8(3)18-11/h4-5,7H,6H2,1-3H3,(H3,13,14,16,17). The second-order valence-corrected chi connectivity index (χ2v) is 5.73. The van der Waals surface area contributed by atoms with Gasteiger partial charge in [-0.25, -0.2) is 15.0 Å². The smallest absolute Gasteiger partial charge is 0.135 e. The first-order valence-corrected chi connectivity index (χ1v) is 6.66. The van der Waals surface area contributed by atoms with E-state index in [-0.39, 0.29) is 5.92 Å². The Labute approximate surface area is 111 Å². The van der Waals surface area contributed by atoms with E-state index in [1.54, 1.807) is 17.4 Å². The predicted molar refractivity (Wildman–Crippen MR) is 74.7 cm³/mol. The normalized spacial score (nSPS) is 10.9. The van der Waals surface area contributed by atoms with E-state index >= 15 is 0 Å². The first-order chi connectivity index (χ1) is 8.54. The van der Waals surface area contributed by atoms with Gasteiger partial charge in [-0.05, 0) is 6.92 Å². The molecule has 18 heavy (non-hydrogen) atoms. The molecule has 0 aliphatic carbocycles. The Balaban J connectivity index is 2.09. The van der Waals surface area contributed by atoms with Crippen molar-refractivity contribution in [2.45, 2.75) is 33.2 Å². The average Bonchev–Trinajstić information content (AvgIpc) is 2.72. The summed E-state index contributed by atoms with van der Waals surface area (Å²) in [5.74, 6) is 2.26. The van der Waals surface area contributed by atoms with E-state index in [1.807, 2.05) is 27.0 Å². The van der Waals surface area contributed by atoms with E-state index < -0.39 is 0 Å². The van der Waals surface area contributed by atoms with Crippen molar-refractivity contribution in [2.24, 2.45) is 0 Å². The minimum absolute atomic E-state index is 0.260. The van der Waals surface area contributed by atoms with Crippen molar-refractivity contribution in [3.63, 3.8) is 0 Å². The first-order valence-electron chi connectivity index (χ1n) is 5.84. The van der Waals surface area contributed by atoms with Crippen molar-refractivity contribution in [1.82, 2.24) is 15.0 Å². The van der Waals surface area contributed by atoms with Gasteiger partial charge in [-0.3, -0.25) is 0 Å². The van der Waals surface area contributed by atoms with Crippen LogP contribution in [0, 0.1) is 6.92 Å². The van der Waals surface area contributed by atoms with Gasteiger partial charge in [-0.2, -0.15) is 0 Å². The Morgan fingerprint density at radius 3 is 2.78 bits per heavy atom.